The molecule has 18 heavy (non-hydrogen) atoms. The van der Waals surface area contributed by atoms with Gasteiger partial charge in [0.2, 0.25) is 5.43 Å². The number of nitrogen functional groups attached to an aromatic ring is 1. The molecule has 0 aliphatic rings. The van der Waals surface area contributed by atoms with Crippen LogP contribution in [-0.4, -0.2) is 4.57 Å². The van der Waals surface area contributed by atoms with Gasteiger partial charge in [-0.2, -0.15) is 0 Å². The molecule has 0 spiro atoms. The van der Waals surface area contributed by atoms with Crippen LogP contribution >= 0.6 is 0 Å². The summed E-state index contributed by atoms with van der Waals surface area (Å²) in [6.07, 6.45) is 1.68. The second kappa shape index (κ2) is 4.69. The molecule has 0 saturated carbocycles. The highest BCUT2D eigenvalue weighted by molar-refractivity contribution is 5.43. The van der Waals surface area contributed by atoms with E-state index in [4.69, 9.17) is 5.73 Å². The molecule has 1 heterocycles. The summed E-state index contributed by atoms with van der Waals surface area (Å²) in [4.78, 5) is 11.4. The Kier molecular flexibility index (Phi) is 3.24. The van der Waals surface area contributed by atoms with Crippen LogP contribution < -0.4 is 11.2 Å². The first-order valence-electron chi connectivity index (χ1n) is 6.08. The van der Waals surface area contributed by atoms with Gasteiger partial charge in [0.1, 0.15) is 0 Å². The van der Waals surface area contributed by atoms with Gasteiger partial charge < -0.3 is 10.3 Å². The summed E-state index contributed by atoms with van der Waals surface area (Å²) in [5.41, 5.74) is 9.02. The summed E-state index contributed by atoms with van der Waals surface area (Å²) in [5.74, 6) is 0.513. The van der Waals surface area contributed by atoms with Crippen molar-refractivity contribution in [3.05, 3.63) is 58.0 Å². The predicted octanol–water partition coefficient (Wildman–Crippen LogP) is 2.85. The Balaban J connectivity index is 2.49. The minimum absolute atomic E-state index is 0.123. The number of aryl methyl sites for hydroxylation is 1. The molecular weight excluding hydrogens is 224 g/mol. The van der Waals surface area contributed by atoms with Crippen molar-refractivity contribution >= 4 is 5.69 Å². The van der Waals surface area contributed by atoms with Gasteiger partial charge in [0.05, 0.1) is 5.69 Å². The van der Waals surface area contributed by atoms with Gasteiger partial charge in [-0.3, -0.25) is 4.79 Å². The van der Waals surface area contributed by atoms with Crippen LogP contribution in [-0.2, 0) is 0 Å². The smallest absolute Gasteiger partial charge is 0.204 e. The number of aromatic nitrogens is 1. The molecule has 94 valence electrons. The van der Waals surface area contributed by atoms with E-state index < -0.39 is 0 Å². The summed E-state index contributed by atoms with van der Waals surface area (Å²) in [5, 5.41) is 0. The normalized spacial score (nSPS) is 10.9. The fraction of sp³-hybridized carbons (Fsp3) is 0.267. The second-order valence-corrected chi connectivity index (χ2v) is 4.85. The van der Waals surface area contributed by atoms with E-state index in [-0.39, 0.29) is 11.1 Å². The SMILES string of the molecule is Cc1cc(=O)c(N)cn1-c1ccc(C(C)C)cc1. The van der Waals surface area contributed by atoms with E-state index in [0.29, 0.717) is 5.92 Å². The van der Waals surface area contributed by atoms with Gasteiger partial charge >= 0.3 is 0 Å². The lowest BCUT2D eigenvalue weighted by atomic mass is 10.0. The molecule has 1 aromatic heterocycles. The zero-order valence-electron chi connectivity index (χ0n) is 11.0. The largest absolute Gasteiger partial charge is 0.394 e. The summed E-state index contributed by atoms with van der Waals surface area (Å²) in [6.45, 7) is 6.23. The van der Waals surface area contributed by atoms with Crippen LogP contribution in [0.1, 0.15) is 31.0 Å². The second-order valence-electron chi connectivity index (χ2n) is 4.85. The number of rotatable bonds is 2. The summed E-state index contributed by atoms with van der Waals surface area (Å²) in [6, 6.07) is 9.87. The van der Waals surface area contributed by atoms with Crippen LogP contribution in [0.15, 0.2) is 41.3 Å². The van der Waals surface area contributed by atoms with E-state index in [0.717, 1.165) is 11.4 Å². The molecule has 3 heteroatoms. The zero-order chi connectivity index (χ0) is 13.3. The average Bonchev–Trinajstić information content (AvgIpc) is 2.34. The first-order valence-corrected chi connectivity index (χ1v) is 6.08. The highest BCUT2D eigenvalue weighted by Crippen LogP contribution is 2.18. The van der Waals surface area contributed by atoms with Crippen molar-refractivity contribution in [1.29, 1.82) is 0 Å². The lowest BCUT2D eigenvalue weighted by Gasteiger charge is -2.13. The minimum atomic E-state index is -0.123. The Labute approximate surface area is 107 Å². The molecule has 2 N–H and O–H groups in total. The number of hydrogen-bond donors (Lipinski definition) is 1. The molecule has 0 aliphatic heterocycles. The maximum atomic E-state index is 11.4. The lowest BCUT2D eigenvalue weighted by Crippen LogP contribution is -2.13. The van der Waals surface area contributed by atoms with E-state index >= 15 is 0 Å². The maximum absolute atomic E-state index is 11.4. The first kappa shape index (κ1) is 12.4. The number of nitrogens with zero attached hydrogens (tertiary/aromatic N) is 1. The number of pyridine rings is 1. The molecule has 0 unspecified atom stereocenters. The standard InChI is InChI=1S/C15H18N2O/c1-10(2)12-4-6-13(7-5-12)17-9-14(16)15(18)8-11(17)3/h4-10H,16H2,1-3H3. The summed E-state index contributed by atoms with van der Waals surface area (Å²) in [7, 11) is 0. The Bertz CT molecular complexity index is 609. The predicted molar refractivity (Wildman–Crippen MR) is 75.3 cm³/mol. The van der Waals surface area contributed by atoms with E-state index in [9.17, 15) is 4.79 Å². The molecule has 0 amide bonds. The van der Waals surface area contributed by atoms with Gasteiger partial charge in [-0.1, -0.05) is 26.0 Å². The van der Waals surface area contributed by atoms with Gasteiger partial charge in [0, 0.05) is 23.6 Å². The van der Waals surface area contributed by atoms with Gasteiger partial charge in [0.15, 0.2) is 0 Å². The molecule has 0 radical (unpaired) electrons. The first-order chi connectivity index (χ1) is 8.49. The molecule has 0 bridgehead atoms. The van der Waals surface area contributed by atoms with E-state index in [1.807, 2.05) is 23.6 Å². The summed E-state index contributed by atoms with van der Waals surface area (Å²) < 4.78 is 1.93. The van der Waals surface area contributed by atoms with Gasteiger partial charge in [-0.25, -0.2) is 0 Å². The fourth-order valence-corrected chi connectivity index (χ4v) is 1.95. The number of benzene rings is 1. The zero-order valence-corrected chi connectivity index (χ0v) is 11.0. The molecule has 0 aliphatic carbocycles. The third kappa shape index (κ3) is 2.30. The topological polar surface area (TPSA) is 48.0 Å². The third-order valence-corrected chi connectivity index (χ3v) is 3.11. The van der Waals surface area contributed by atoms with E-state index in [1.165, 1.54) is 5.56 Å². The Hall–Kier alpha value is -2.03. The Morgan fingerprint density at radius 3 is 2.33 bits per heavy atom. The minimum Gasteiger partial charge on any atom is -0.394 e. The molecule has 2 rings (SSSR count). The molecule has 2 aromatic rings. The van der Waals surface area contributed by atoms with E-state index in [1.54, 1.807) is 12.3 Å². The number of hydrogen-bond acceptors (Lipinski definition) is 2. The van der Waals surface area contributed by atoms with Crippen molar-refractivity contribution < 1.29 is 0 Å². The molecule has 3 nitrogen and oxygen atoms in total. The Morgan fingerprint density at radius 2 is 1.78 bits per heavy atom. The van der Waals surface area contributed by atoms with Crippen molar-refractivity contribution in [2.75, 3.05) is 5.73 Å². The van der Waals surface area contributed by atoms with Gasteiger partial charge in [0.25, 0.3) is 0 Å². The monoisotopic (exact) mass is 242 g/mol. The van der Waals surface area contributed by atoms with Crippen LogP contribution in [0.4, 0.5) is 5.69 Å². The fourth-order valence-electron chi connectivity index (χ4n) is 1.95. The molecule has 0 fully saturated rings. The molecule has 0 saturated heterocycles. The van der Waals surface area contributed by atoms with Crippen molar-refractivity contribution in [1.82, 2.24) is 4.57 Å². The van der Waals surface area contributed by atoms with Crippen LogP contribution in [0.5, 0.6) is 0 Å². The third-order valence-electron chi connectivity index (χ3n) is 3.11. The molecule has 1 aromatic carbocycles. The number of nitrogens with two attached hydrogens (primary N) is 1. The van der Waals surface area contributed by atoms with Crippen LogP contribution in [0.25, 0.3) is 5.69 Å². The van der Waals surface area contributed by atoms with E-state index in [2.05, 4.69) is 26.0 Å². The van der Waals surface area contributed by atoms with Crippen molar-refractivity contribution in [2.24, 2.45) is 0 Å². The van der Waals surface area contributed by atoms with Crippen LogP contribution in [0.3, 0.4) is 0 Å². The van der Waals surface area contributed by atoms with Crippen molar-refractivity contribution in [3.63, 3.8) is 0 Å². The average molecular weight is 242 g/mol. The number of anilines is 1. The lowest BCUT2D eigenvalue weighted by molar-refractivity contribution is 0.864. The van der Waals surface area contributed by atoms with Crippen molar-refractivity contribution in [3.8, 4) is 5.69 Å². The highest BCUT2D eigenvalue weighted by Gasteiger charge is 2.04. The maximum Gasteiger partial charge on any atom is 0.204 e. The summed E-state index contributed by atoms with van der Waals surface area (Å²) >= 11 is 0. The molecular formula is C15H18N2O. The van der Waals surface area contributed by atoms with Crippen molar-refractivity contribution in [2.45, 2.75) is 26.7 Å². The van der Waals surface area contributed by atoms with Crippen LogP contribution in [0.2, 0.25) is 0 Å². The van der Waals surface area contributed by atoms with Gasteiger partial charge in [-0.15, -0.1) is 0 Å². The quantitative estimate of drug-likeness (QED) is 0.880. The Morgan fingerprint density at radius 1 is 1.17 bits per heavy atom. The van der Waals surface area contributed by atoms with Gasteiger partial charge in [-0.05, 0) is 30.5 Å². The molecule has 0 atom stereocenters. The highest BCUT2D eigenvalue weighted by atomic mass is 16.1. The van der Waals surface area contributed by atoms with Crippen LogP contribution in [0, 0.1) is 6.92 Å².